The molecule has 60 valence electrons. The molecule has 0 bridgehead atoms. The Morgan fingerprint density at radius 3 is 2.70 bits per heavy atom. The number of aliphatic hydroxyl groups excluding tert-OH is 1. The van der Waals surface area contributed by atoms with Crippen molar-refractivity contribution in [2.45, 2.75) is 25.7 Å². The first kappa shape index (κ1) is 9.78. The van der Waals surface area contributed by atoms with Crippen LogP contribution in [0.25, 0.3) is 0 Å². The summed E-state index contributed by atoms with van der Waals surface area (Å²) in [4.78, 5) is 10.4. The molecule has 0 aliphatic carbocycles. The van der Waals surface area contributed by atoms with Crippen LogP contribution in [-0.2, 0) is 9.53 Å². The Morgan fingerprint density at radius 2 is 2.40 bits per heavy atom. The molecule has 0 fully saturated rings. The minimum Gasteiger partial charge on any atom is -0.451 e. The Hall–Kier alpha value is -0.220. The van der Waals surface area contributed by atoms with Crippen LogP contribution in [0.15, 0.2) is 0 Å². The largest absolute Gasteiger partial charge is 0.451 e. The van der Waals surface area contributed by atoms with E-state index in [9.17, 15) is 4.79 Å². The molecule has 0 saturated heterocycles. The predicted molar refractivity (Wildman–Crippen MR) is 40.5 cm³/mol. The monoisotopic (exact) mass is 164 g/mol. The zero-order valence-corrected chi connectivity index (χ0v) is 6.98. The van der Waals surface area contributed by atoms with Crippen LogP contribution < -0.4 is 0 Å². The fraction of sp³-hybridized carbons (Fsp3) is 0.833. The summed E-state index contributed by atoms with van der Waals surface area (Å²) in [7, 11) is 0. The highest BCUT2D eigenvalue weighted by Gasteiger charge is 2.07. The van der Waals surface area contributed by atoms with E-state index < -0.39 is 0 Å². The molecular weight excluding hydrogens is 152 g/mol. The molecule has 0 saturated carbocycles. The highest BCUT2D eigenvalue weighted by atomic mass is 32.2. The molecular formula is C6H12O3S. The predicted octanol–water partition coefficient (Wildman–Crippen LogP) is 0.969. The fourth-order valence-corrected chi connectivity index (χ4v) is 1.11. The van der Waals surface area contributed by atoms with Crippen molar-refractivity contribution in [2.75, 3.05) is 5.94 Å². The first-order valence-electron chi connectivity index (χ1n) is 3.10. The van der Waals surface area contributed by atoms with E-state index in [4.69, 9.17) is 9.84 Å². The summed E-state index contributed by atoms with van der Waals surface area (Å²) in [6.45, 7) is 3.26. The molecule has 1 unspecified atom stereocenters. The van der Waals surface area contributed by atoms with Gasteiger partial charge in [-0.1, -0.05) is 18.7 Å². The number of rotatable bonds is 4. The second-order valence-electron chi connectivity index (χ2n) is 1.74. The number of ether oxygens (including phenoxy) is 1. The van der Waals surface area contributed by atoms with Crippen molar-refractivity contribution >= 4 is 17.7 Å². The van der Waals surface area contributed by atoms with E-state index in [2.05, 4.69) is 0 Å². The van der Waals surface area contributed by atoms with Crippen LogP contribution in [0.5, 0.6) is 0 Å². The van der Waals surface area contributed by atoms with Crippen molar-refractivity contribution in [3.8, 4) is 0 Å². The molecule has 0 aromatic rings. The minimum absolute atomic E-state index is 0.00815. The first-order valence-corrected chi connectivity index (χ1v) is 4.15. The summed E-state index contributed by atoms with van der Waals surface area (Å²) in [5, 5.41) is 8.45. The van der Waals surface area contributed by atoms with Gasteiger partial charge in [0.1, 0.15) is 5.44 Å². The van der Waals surface area contributed by atoms with Crippen molar-refractivity contribution in [3.63, 3.8) is 0 Å². The Kier molecular flexibility index (Phi) is 5.43. The lowest BCUT2D eigenvalue weighted by Crippen LogP contribution is -2.11. The molecule has 10 heavy (non-hydrogen) atoms. The van der Waals surface area contributed by atoms with Crippen LogP contribution in [0.4, 0.5) is 0 Å². The zero-order valence-electron chi connectivity index (χ0n) is 6.16. The van der Waals surface area contributed by atoms with Gasteiger partial charge in [0, 0.05) is 6.92 Å². The molecule has 4 heteroatoms. The number of carbonyl (C=O) groups is 1. The zero-order chi connectivity index (χ0) is 7.98. The van der Waals surface area contributed by atoms with E-state index in [1.54, 1.807) is 0 Å². The molecule has 1 N–H and O–H groups in total. The van der Waals surface area contributed by atoms with E-state index in [0.29, 0.717) is 0 Å². The van der Waals surface area contributed by atoms with E-state index in [-0.39, 0.29) is 17.3 Å². The van der Waals surface area contributed by atoms with Gasteiger partial charge in [-0.25, -0.2) is 0 Å². The third-order valence-corrected chi connectivity index (χ3v) is 1.84. The van der Waals surface area contributed by atoms with E-state index >= 15 is 0 Å². The van der Waals surface area contributed by atoms with Gasteiger partial charge in [-0.15, -0.1) is 0 Å². The quantitative estimate of drug-likeness (QED) is 0.497. The van der Waals surface area contributed by atoms with Gasteiger partial charge in [0.25, 0.3) is 0 Å². The summed E-state index contributed by atoms with van der Waals surface area (Å²) in [5.41, 5.74) is -0.192. The standard InChI is InChI=1S/C6H12O3S/c1-3-6(10-4-7)9-5(2)8/h6-7H,3-4H2,1-2H3. The highest BCUT2D eigenvalue weighted by Crippen LogP contribution is 2.14. The Morgan fingerprint density at radius 1 is 1.80 bits per heavy atom. The SMILES string of the molecule is CCC(OC(C)=O)SCO. The molecule has 0 aromatic heterocycles. The number of carbonyl (C=O) groups excluding carboxylic acids is 1. The summed E-state index contributed by atoms with van der Waals surface area (Å²) >= 11 is 1.22. The average molecular weight is 164 g/mol. The topological polar surface area (TPSA) is 46.5 Å². The van der Waals surface area contributed by atoms with E-state index in [1.807, 2.05) is 6.92 Å². The van der Waals surface area contributed by atoms with Gasteiger partial charge in [-0.3, -0.25) is 4.79 Å². The molecule has 0 aromatic carbocycles. The van der Waals surface area contributed by atoms with Gasteiger partial charge in [0.05, 0.1) is 5.94 Å². The molecule has 3 nitrogen and oxygen atoms in total. The van der Waals surface area contributed by atoms with Crippen LogP contribution in [-0.4, -0.2) is 22.5 Å². The average Bonchev–Trinajstić information content (AvgIpc) is 1.86. The number of thioether (sulfide) groups is 1. The molecule has 0 aliphatic rings. The van der Waals surface area contributed by atoms with Crippen molar-refractivity contribution in [3.05, 3.63) is 0 Å². The van der Waals surface area contributed by atoms with Gasteiger partial charge >= 0.3 is 5.97 Å². The van der Waals surface area contributed by atoms with Crippen molar-refractivity contribution in [2.24, 2.45) is 0 Å². The molecule has 1 atom stereocenters. The number of esters is 1. The van der Waals surface area contributed by atoms with E-state index in [1.165, 1.54) is 18.7 Å². The van der Waals surface area contributed by atoms with Crippen molar-refractivity contribution in [1.29, 1.82) is 0 Å². The molecule has 0 spiro atoms. The van der Waals surface area contributed by atoms with Crippen molar-refractivity contribution < 1.29 is 14.6 Å². The van der Waals surface area contributed by atoms with Gasteiger partial charge in [-0.2, -0.15) is 0 Å². The maximum Gasteiger partial charge on any atom is 0.303 e. The lowest BCUT2D eigenvalue weighted by atomic mass is 10.5. The number of hydrogen-bond acceptors (Lipinski definition) is 4. The number of aliphatic hydroxyl groups is 1. The Labute approximate surface area is 64.8 Å². The minimum atomic E-state index is -0.298. The van der Waals surface area contributed by atoms with Crippen molar-refractivity contribution in [1.82, 2.24) is 0 Å². The molecule has 0 amide bonds. The molecule has 0 rings (SSSR count). The van der Waals surface area contributed by atoms with Gasteiger partial charge in [0.2, 0.25) is 0 Å². The Bertz CT molecular complexity index is 105. The second-order valence-corrected chi connectivity index (χ2v) is 2.86. The van der Waals surface area contributed by atoms with E-state index in [0.717, 1.165) is 6.42 Å². The second kappa shape index (κ2) is 5.56. The van der Waals surface area contributed by atoms with Crippen LogP contribution >= 0.6 is 11.8 Å². The first-order chi connectivity index (χ1) is 4.70. The highest BCUT2D eigenvalue weighted by molar-refractivity contribution is 7.99. The fourth-order valence-electron chi connectivity index (χ4n) is 0.503. The Balaban J connectivity index is 3.49. The number of hydrogen-bond donors (Lipinski definition) is 1. The third-order valence-electron chi connectivity index (χ3n) is 0.891. The summed E-state index contributed by atoms with van der Waals surface area (Å²) in [6.07, 6.45) is 0.727. The lowest BCUT2D eigenvalue weighted by Gasteiger charge is -2.11. The summed E-state index contributed by atoms with van der Waals surface area (Å²) in [6, 6.07) is 0. The molecule has 0 radical (unpaired) electrons. The summed E-state index contributed by atoms with van der Waals surface area (Å²) < 4.78 is 4.80. The van der Waals surface area contributed by atoms with Crippen LogP contribution in [0.3, 0.4) is 0 Å². The smallest absolute Gasteiger partial charge is 0.303 e. The molecule has 0 heterocycles. The normalized spacial score (nSPS) is 12.7. The van der Waals surface area contributed by atoms with Crippen LogP contribution in [0.2, 0.25) is 0 Å². The maximum absolute atomic E-state index is 10.4. The lowest BCUT2D eigenvalue weighted by molar-refractivity contribution is -0.142. The summed E-state index contributed by atoms with van der Waals surface area (Å²) in [5.74, 6) is -0.306. The van der Waals surface area contributed by atoms with Gasteiger partial charge in [-0.05, 0) is 6.42 Å². The van der Waals surface area contributed by atoms with Crippen LogP contribution in [0.1, 0.15) is 20.3 Å². The van der Waals surface area contributed by atoms with Crippen LogP contribution in [0, 0.1) is 0 Å². The molecule has 0 aliphatic heterocycles. The maximum atomic E-state index is 10.4. The van der Waals surface area contributed by atoms with Gasteiger partial charge in [0.15, 0.2) is 0 Å². The van der Waals surface area contributed by atoms with Gasteiger partial charge < -0.3 is 9.84 Å². The third kappa shape index (κ3) is 4.64.